The SMILES string of the molecule is Cc1nc(C)c(C(=O)N2CCNC(=O)C2)s1. The second-order valence-corrected chi connectivity index (χ2v) is 4.93. The van der Waals surface area contributed by atoms with E-state index in [1.807, 2.05) is 13.8 Å². The number of aromatic nitrogens is 1. The molecule has 2 amide bonds. The molecule has 1 saturated heterocycles. The lowest BCUT2D eigenvalue weighted by Crippen LogP contribution is -2.49. The lowest BCUT2D eigenvalue weighted by molar-refractivity contribution is -0.123. The zero-order valence-corrected chi connectivity index (χ0v) is 10.1. The van der Waals surface area contributed by atoms with E-state index in [9.17, 15) is 9.59 Å². The summed E-state index contributed by atoms with van der Waals surface area (Å²) in [6.07, 6.45) is 0. The molecular weight excluding hydrogens is 226 g/mol. The molecule has 1 aliphatic heterocycles. The van der Waals surface area contributed by atoms with Crippen LogP contribution in [-0.4, -0.2) is 41.3 Å². The van der Waals surface area contributed by atoms with Gasteiger partial charge in [0.15, 0.2) is 0 Å². The Labute approximate surface area is 97.5 Å². The highest BCUT2D eigenvalue weighted by Crippen LogP contribution is 2.19. The molecule has 0 aromatic carbocycles. The second-order valence-electron chi connectivity index (χ2n) is 3.72. The molecule has 0 atom stereocenters. The molecule has 5 nitrogen and oxygen atoms in total. The van der Waals surface area contributed by atoms with Crippen molar-refractivity contribution >= 4 is 23.2 Å². The van der Waals surface area contributed by atoms with Crippen LogP contribution in [0.25, 0.3) is 0 Å². The fraction of sp³-hybridized carbons (Fsp3) is 0.500. The Hall–Kier alpha value is -1.43. The van der Waals surface area contributed by atoms with Gasteiger partial charge in [-0.05, 0) is 13.8 Å². The number of rotatable bonds is 1. The fourth-order valence-electron chi connectivity index (χ4n) is 1.69. The largest absolute Gasteiger partial charge is 0.353 e. The van der Waals surface area contributed by atoms with E-state index in [2.05, 4.69) is 10.3 Å². The highest BCUT2D eigenvalue weighted by molar-refractivity contribution is 7.13. The second kappa shape index (κ2) is 4.21. The first kappa shape index (κ1) is 11.1. The van der Waals surface area contributed by atoms with Gasteiger partial charge in [0.25, 0.3) is 5.91 Å². The smallest absolute Gasteiger partial charge is 0.266 e. The molecule has 1 aromatic rings. The minimum absolute atomic E-state index is 0.0852. The van der Waals surface area contributed by atoms with Gasteiger partial charge in [-0.1, -0.05) is 0 Å². The summed E-state index contributed by atoms with van der Waals surface area (Å²) in [5.41, 5.74) is 0.749. The Morgan fingerprint density at radius 3 is 2.81 bits per heavy atom. The van der Waals surface area contributed by atoms with E-state index in [1.54, 1.807) is 4.90 Å². The molecule has 86 valence electrons. The van der Waals surface area contributed by atoms with E-state index < -0.39 is 0 Å². The molecule has 0 bridgehead atoms. The lowest BCUT2D eigenvalue weighted by Gasteiger charge is -2.26. The Morgan fingerprint density at radius 1 is 1.50 bits per heavy atom. The van der Waals surface area contributed by atoms with Crippen molar-refractivity contribution in [2.24, 2.45) is 0 Å². The average molecular weight is 239 g/mol. The van der Waals surface area contributed by atoms with Gasteiger partial charge < -0.3 is 10.2 Å². The molecular formula is C10H13N3O2S. The maximum atomic E-state index is 12.1. The van der Waals surface area contributed by atoms with Crippen molar-refractivity contribution in [1.29, 1.82) is 0 Å². The number of carbonyl (C=O) groups is 2. The molecule has 2 heterocycles. The van der Waals surface area contributed by atoms with E-state index in [0.29, 0.717) is 18.0 Å². The minimum Gasteiger partial charge on any atom is -0.353 e. The van der Waals surface area contributed by atoms with Gasteiger partial charge in [0.1, 0.15) is 4.88 Å². The Kier molecular flexibility index (Phi) is 2.91. The predicted molar refractivity (Wildman–Crippen MR) is 60.5 cm³/mol. The zero-order chi connectivity index (χ0) is 11.7. The molecule has 1 aromatic heterocycles. The summed E-state index contributed by atoms with van der Waals surface area (Å²) in [6.45, 7) is 4.94. The molecule has 1 N–H and O–H groups in total. The first-order valence-electron chi connectivity index (χ1n) is 5.08. The number of hydrogen-bond acceptors (Lipinski definition) is 4. The number of aryl methyl sites for hydroxylation is 2. The summed E-state index contributed by atoms with van der Waals surface area (Å²) in [5, 5.41) is 3.57. The van der Waals surface area contributed by atoms with Crippen molar-refractivity contribution < 1.29 is 9.59 Å². The number of nitrogens with zero attached hydrogens (tertiary/aromatic N) is 2. The normalized spacial score (nSPS) is 16.1. The Bertz CT molecular complexity index is 441. The summed E-state index contributed by atoms with van der Waals surface area (Å²) < 4.78 is 0. The van der Waals surface area contributed by atoms with Crippen LogP contribution in [0, 0.1) is 13.8 Å². The predicted octanol–water partition coefficient (Wildman–Crippen LogP) is 0.332. The summed E-state index contributed by atoms with van der Waals surface area (Å²) in [4.78, 5) is 29.7. The van der Waals surface area contributed by atoms with Crippen LogP contribution in [0.3, 0.4) is 0 Å². The molecule has 0 aliphatic carbocycles. The quantitative estimate of drug-likeness (QED) is 0.768. The van der Waals surface area contributed by atoms with Gasteiger partial charge in [0.2, 0.25) is 5.91 Å². The lowest BCUT2D eigenvalue weighted by atomic mass is 10.3. The van der Waals surface area contributed by atoms with Crippen LogP contribution in [-0.2, 0) is 4.79 Å². The summed E-state index contributed by atoms with van der Waals surface area (Å²) in [5.74, 6) is -0.184. The summed E-state index contributed by atoms with van der Waals surface area (Å²) in [7, 11) is 0. The first-order valence-corrected chi connectivity index (χ1v) is 5.89. The van der Waals surface area contributed by atoms with Crippen molar-refractivity contribution in [3.05, 3.63) is 15.6 Å². The standard InChI is InChI=1S/C10H13N3O2S/c1-6-9(16-7(2)12-6)10(15)13-4-3-11-8(14)5-13/h3-5H2,1-2H3,(H,11,14). The van der Waals surface area contributed by atoms with E-state index in [4.69, 9.17) is 0 Å². The van der Waals surface area contributed by atoms with Gasteiger partial charge in [-0.15, -0.1) is 11.3 Å². The highest BCUT2D eigenvalue weighted by Gasteiger charge is 2.25. The third-order valence-corrected chi connectivity index (χ3v) is 3.48. The summed E-state index contributed by atoms with van der Waals surface area (Å²) in [6, 6.07) is 0. The third kappa shape index (κ3) is 2.06. The third-order valence-electron chi connectivity index (χ3n) is 2.42. The van der Waals surface area contributed by atoms with E-state index in [-0.39, 0.29) is 18.4 Å². The van der Waals surface area contributed by atoms with Crippen LogP contribution in [0.15, 0.2) is 0 Å². The maximum absolute atomic E-state index is 12.1. The van der Waals surface area contributed by atoms with Gasteiger partial charge in [-0.3, -0.25) is 9.59 Å². The average Bonchev–Trinajstić information content (AvgIpc) is 2.57. The Morgan fingerprint density at radius 2 is 2.25 bits per heavy atom. The van der Waals surface area contributed by atoms with Gasteiger partial charge in [-0.2, -0.15) is 0 Å². The first-order chi connectivity index (χ1) is 7.58. The molecule has 16 heavy (non-hydrogen) atoms. The number of amides is 2. The topological polar surface area (TPSA) is 62.3 Å². The summed E-state index contributed by atoms with van der Waals surface area (Å²) >= 11 is 1.38. The van der Waals surface area contributed by atoms with Crippen LogP contribution < -0.4 is 5.32 Å². The molecule has 6 heteroatoms. The van der Waals surface area contributed by atoms with E-state index in [1.165, 1.54) is 11.3 Å². The van der Waals surface area contributed by atoms with Crippen molar-refractivity contribution in [3.8, 4) is 0 Å². The van der Waals surface area contributed by atoms with Crippen molar-refractivity contribution in [3.63, 3.8) is 0 Å². The number of nitrogens with one attached hydrogen (secondary N) is 1. The molecule has 0 unspecified atom stereocenters. The van der Waals surface area contributed by atoms with Crippen molar-refractivity contribution in [2.75, 3.05) is 19.6 Å². The number of piperazine rings is 1. The van der Waals surface area contributed by atoms with Crippen molar-refractivity contribution in [1.82, 2.24) is 15.2 Å². The molecule has 2 rings (SSSR count). The van der Waals surface area contributed by atoms with Crippen LogP contribution >= 0.6 is 11.3 Å². The number of hydrogen-bond donors (Lipinski definition) is 1. The van der Waals surface area contributed by atoms with Gasteiger partial charge in [0, 0.05) is 13.1 Å². The van der Waals surface area contributed by atoms with Crippen LogP contribution in [0.2, 0.25) is 0 Å². The molecule has 1 aliphatic rings. The Balaban J connectivity index is 2.18. The van der Waals surface area contributed by atoms with E-state index in [0.717, 1.165) is 10.7 Å². The number of thiazole rings is 1. The monoisotopic (exact) mass is 239 g/mol. The molecule has 0 saturated carbocycles. The van der Waals surface area contributed by atoms with Gasteiger partial charge >= 0.3 is 0 Å². The van der Waals surface area contributed by atoms with E-state index >= 15 is 0 Å². The minimum atomic E-state index is -0.0986. The van der Waals surface area contributed by atoms with Crippen LogP contribution in [0.4, 0.5) is 0 Å². The van der Waals surface area contributed by atoms with Gasteiger partial charge in [-0.25, -0.2) is 4.98 Å². The van der Waals surface area contributed by atoms with Crippen LogP contribution in [0.1, 0.15) is 20.4 Å². The van der Waals surface area contributed by atoms with Gasteiger partial charge in [0.05, 0.1) is 17.2 Å². The van der Waals surface area contributed by atoms with Crippen molar-refractivity contribution in [2.45, 2.75) is 13.8 Å². The molecule has 0 spiro atoms. The molecule has 1 fully saturated rings. The maximum Gasteiger partial charge on any atom is 0.266 e. The number of carbonyl (C=O) groups excluding carboxylic acids is 2. The highest BCUT2D eigenvalue weighted by atomic mass is 32.1. The molecule has 0 radical (unpaired) electrons. The zero-order valence-electron chi connectivity index (χ0n) is 9.24. The van der Waals surface area contributed by atoms with Crippen LogP contribution in [0.5, 0.6) is 0 Å². The fourth-order valence-corrected chi connectivity index (χ4v) is 2.57.